The van der Waals surface area contributed by atoms with Gasteiger partial charge in [-0.1, -0.05) is 49.2 Å². The van der Waals surface area contributed by atoms with Crippen LogP contribution >= 0.6 is 11.8 Å². The highest BCUT2D eigenvalue weighted by atomic mass is 32.2. The zero-order valence-electron chi connectivity index (χ0n) is 13.7. The van der Waals surface area contributed by atoms with Crippen LogP contribution < -0.4 is 5.32 Å². The van der Waals surface area contributed by atoms with Gasteiger partial charge in [0, 0.05) is 5.39 Å². The third kappa shape index (κ3) is 3.51. The number of para-hydroxylation sites is 1. The summed E-state index contributed by atoms with van der Waals surface area (Å²) in [5.74, 6) is -0.105. The molecule has 1 aliphatic carbocycles. The maximum Gasteiger partial charge on any atom is 0.234 e. The van der Waals surface area contributed by atoms with E-state index in [0.717, 1.165) is 48.0 Å². The lowest BCUT2D eigenvalue weighted by Crippen LogP contribution is -2.50. The number of nitrogens with one attached hydrogen (secondary N) is 1. The van der Waals surface area contributed by atoms with Crippen molar-refractivity contribution in [3.63, 3.8) is 0 Å². The Balaban J connectivity index is 1.73. The molecule has 1 N–H and O–H groups in total. The first-order valence-electron chi connectivity index (χ1n) is 8.23. The van der Waals surface area contributed by atoms with Crippen LogP contribution in [0.2, 0.25) is 0 Å². The first-order valence-corrected chi connectivity index (χ1v) is 9.11. The summed E-state index contributed by atoms with van der Waals surface area (Å²) in [6.45, 7) is 1.85. The van der Waals surface area contributed by atoms with Crippen LogP contribution in [-0.2, 0) is 4.79 Å². The summed E-state index contributed by atoms with van der Waals surface area (Å²) in [5, 5.41) is 13.9. The second kappa shape index (κ2) is 7.18. The van der Waals surface area contributed by atoms with Gasteiger partial charge in [0.05, 0.1) is 16.8 Å². The molecule has 0 spiro atoms. The number of hydrogen-bond donors (Lipinski definition) is 1. The molecule has 1 fully saturated rings. The minimum Gasteiger partial charge on any atom is -0.337 e. The van der Waals surface area contributed by atoms with Gasteiger partial charge in [-0.2, -0.15) is 5.26 Å². The Hall–Kier alpha value is -2.13. The van der Waals surface area contributed by atoms with E-state index in [1.807, 2.05) is 31.2 Å². The van der Waals surface area contributed by atoms with Gasteiger partial charge in [-0.15, -0.1) is 0 Å². The second-order valence-corrected chi connectivity index (χ2v) is 7.53. The van der Waals surface area contributed by atoms with Crippen LogP contribution in [-0.4, -0.2) is 26.7 Å². The molecule has 24 heavy (non-hydrogen) atoms. The molecule has 0 unspecified atom stereocenters. The standard InChI is InChI=1S/C18H20N4OS/c1-13(16(23)22-18(11-19)9-5-2-6-10-18)24-17-14-7-3-4-8-15(14)20-12-21-17/h3-4,7-8,12-13H,2,5-6,9-10H2,1H3,(H,22,23)/t13-/m0/s1. The Morgan fingerprint density at radius 1 is 1.29 bits per heavy atom. The van der Waals surface area contributed by atoms with Crippen LogP contribution in [0.5, 0.6) is 0 Å². The molecule has 0 aliphatic heterocycles. The summed E-state index contributed by atoms with van der Waals surface area (Å²) in [6, 6.07) is 10.1. The summed E-state index contributed by atoms with van der Waals surface area (Å²) in [6.07, 6.45) is 6.12. The summed E-state index contributed by atoms with van der Waals surface area (Å²) < 4.78 is 0. The Kier molecular flexibility index (Phi) is 5.00. The summed E-state index contributed by atoms with van der Waals surface area (Å²) in [4.78, 5) is 21.2. The fraction of sp³-hybridized carbons (Fsp3) is 0.444. The SMILES string of the molecule is C[C@H](Sc1ncnc2ccccc12)C(=O)NC1(C#N)CCCCC1. The minimum atomic E-state index is -0.697. The van der Waals surface area contributed by atoms with E-state index in [-0.39, 0.29) is 11.2 Å². The fourth-order valence-electron chi connectivity index (χ4n) is 3.05. The van der Waals surface area contributed by atoms with E-state index in [1.54, 1.807) is 0 Å². The molecule has 1 heterocycles. The van der Waals surface area contributed by atoms with Crippen molar-refractivity contribution in [1.29, 1.82) is 5.26 Å². The first kappa shape index (κ1) is 16.7. The molecule has 1 aliphatic rings. The topological polar surface area (TPSA) is 78.7 Å². The van der Waals surface area contributed by atoms with Crippen LogP contribution in [0.3, 0.4) is 0 Å². The average molecular weight is 340 g/mol. The Morgan fingerprint density at radius 2 is 2.04 bits per heavy atom. The summed E-state index contributed by atoms with van der Waals surface area (Å²) in [7, 11) is 0. The number of nitrogens with zero attached hydrogens (tertiary/aromatic N) is 3. The van der Waals surface area contributed by atoms with Crippen LogP contribution in [0.25, 0.3) is 10.9 Å². The molecule has 6 heteroatoms. The zero-order valence-corrected chi connectivity index (χ0v) is 14.5. The quantitative estimate of drug-likeness (QED) is 0.681. The third-order valence-corrected chi connectivity index (χ3v) is 5.56. The van der Waals surface area contributed by atoms with Crippen LogP contribution in [0.15, 0.2) is 35.6 Å². The largest absolute Gasteiger partial charge is 0.337 e. The Labute approximate surface area is 145 Å². The number of nitriles is 1. The van der Waals surface area contributed by atoms with E-state index in [0.29, 0.717) is 0 Å². The molecule has 1 atom stereocenters. The smallest absolute Gasteiger partial charge is 0.234 e. The molecule has 124 valence electrons. The second-order valence-electron chi connectivity index (χ2n) is 6.20. The molecule has 5 nitrogen and oxygen atoms in total. The van der Waals surface area contributed by atoms with Gasteiger partial charge in [0.25, 0.3) is 0 Å². The van der Waals surface area contributed by atoms with Crippen LogP contribution in [0.1, 0.15) is 39.0 Å². The zero-order chi connectivity index (χ0) is 17.0. The number of thioether (sulfide) groups is 1. The molecule has 0 radical (unpaired) electrons. The highest BCUT2D eigenvalue weighted by Gasteiger charge is 2.35. The van der Waals surface area contributed by atoms with Crippen molar-refractivity contribution < 1.29 is 4.79 Å². The van der Waals surface area contributed by atoms with Crippen molar-refractivity contribution in [1.82, 2.24) is 15.3 Å². The first-order chi connectivity index (χ1) is 11.6. The normalized spacial score (nSPS) is 17.8. The molecule has 1 aromatic carbocycles. The molecular weight excluding hydrogens is 320 g/mol. The van der Waals surface area contributed by atoms with Crippen molar-refractivity contribution in [2.75, 3.05) is 0 Å². The highest BCUT2D eigenvalue weighted by molar-refractivity contribution is 8.00. The van der Waals surface area contributed by atoms with Gasteiger partial charge in [-0.05, 0) is 25.8 Å². The van der Waals surface area contributed by atoms with E-state index in [2.05, 4.69) is 21.4 Å². The van der Waals surface area contributed by atoms with Crippen molar-refractivity contribution in [2.45, 2.75) is 54.8 Å². The van der Waals surface area contributed by atoms with Crippen molar-refractivity contribution >= 4 is 28.6 Å². The van der Waals surface area contributed by atoms with Crippen molar-refractivity contribution in [3.8, 4) is 6.07 Å². The minimum absolute atomic E-state index is 0.105. The summed E-state index contributed by atoms with van der Waals surface area (Å²) in [5.41, 5.74) is 0.168. The third-order valence-electron chi connectivity index (χ3n) is 4.45. The van der Waals surface area contributed by atoms with E-state index >= 15 is 0 Å². The van der Waals surface area contributed by atoms with Crippen molar-refractivity contribution in [2.24, 2.45) is 0 Å². The van der Waals surface area contributed by atoms with Gasteiger partial charge in [0.2, 0.25) is 5.91 Å². The van der Waals surface area contributed by atoms with Gasteiger partial charge in [0.15, 0.2) is 0 Å². The van der Waals surface area contributed by atoms with E-state index in [4.69, 9.17) is 0 Å². The molecular formula is C18H20N4OS. The predicted octanol–water partition coefficient (Wildman–Crippen LogP) is 3.45. The number of aromatic nitrogens is 2. The number of rotatable bonds is 4. The molecule has 3 rings (SSSR count). The van der Waals surface area contributed by atoms with E-state index < -0.39 is 5.54 Å². The molecule has 0 saturated heterocycles. The lowest BCUT2D eigenvalue weighted by Gasteiger charge is -2.32. The highest BCUT2D eigenvalue weighted by Crippen LogP contribution is 2.30. The molecule has 1 aromatic heterocycles. The van der Waals surface area contributed by atoms with Gasteiger partial charge in [-0.3, -0.25) is 4.79 Å². The number of carbonyl (C=O) groups excluding carboxylic acids is 1. The van der Waals surface area contributed by atoms with Gasteiger partial charge < -0.3 is 5.32 Å². The summed E-state index contributed by atoms with van der Waals surface area (Å²) >= 11 is 1.41. The van der Waals surface area contributed by atoms with Crippen LogP contribution in [0.4, 0.5) is 0 Å². The van der Waals surface area contributed by atoms with Crippen LogP contribution in [0, 0.1) is 11.3 Å². The van der Waals surface area contributed by atoms with Gasteiger partial charge >= 0.3 is 0 Å². The van der Waals surface area contributed by atoms with Gasteiger partial charge in [-0.25, -0.2) is 9.97 Å². The van der Waals surface area contributed by atoms with Crippen molar-refractivity contribution in [3.05, 3.63) is 30.6 Å². The maximum absolute atomic E-state index is 12.6. The van der Waals surface area contributed by atoms with Gasteiger partial charge in [0.1, 0.15) is 16.9 Å². The number of hydrogen-bond acceptors (Lipinski definition) is 5. The number of carbonyl (C=O) groups is 1. The molecule has 2 aromatic rings. The fourth-order valence-corrected chi connectivity index (χ4v) is 3.96. The molecule has 1 amide bonds. The monoisotopic (exact) mass is 340 g/mol. The predicted molar refractivity (Wildman–Crippen MR) is 94.4 cm³/mol. The number of fused-ring (bicyclic) bond motifs is 1. The molecule has 0 bridgehead atoms. The van der Waals surface area contributed by atoms with E-state index in [9.17, 15) is 10.1 Å². The lowest BCUT2D eigenvalue weighted by molar-refractivity contribution is -0.121. The Bertz CT molecular complexity index is 775. The maximum atomic E-state index is 12.6. The molecule has 1 saturated carbocycles. The average Bonchev–Trinajstić information content (AvgIpc) is 2.62. The Morgan fingerprint density at radius 3 is 2.79 bits per heavy atom. The lowest BCUT2D eigenvalue weighted by atomic mass is 9.83. The number of benzene rings is 1. The van der Waals surface area contributed by atoms with E-state index in [1.165, 1.54) is 18.1 Å². The number of amides is 1.